The van der Waals surface area contributed by atoms with E-state index in [2.05, 4.69) is 6.07 Å². The van der Waals surface area contributed by atoms with Crippen molar-refractivity contribution in [2.45, 2.75) is 12.3 Å². The topological polar surface area (TPSA) is 50.1 Å². The van der Waals surface area contributed by atoms with E-state index in [0.717, 1.165) is 11.1 Å². The van der Waals surface area contributed by atoms with Crippen LogP contribution in [-0.2, 0) is 6.42 Å². The maximum absolute atomic E-state index is 12.6. The van der Waals surface area contributed by atoms with Gasteiger partial charge >= 0.3 is 0 Å². The molecule has 0 amide bonds. The van der Waals surface area contributed by atoms with Crippen LogP contribution in [0.25, 0.3) is 0 Å². The van der Waals surface area contributed by atoms with Crippen LogP contribution in [0.4, 0.5) is 0 Å². The first-order valence-corrected chi connectivity index (χ1v) is 6.44. The maximum atomic E-state index is 12.6. The molecule has 0 bridgehead atoms. The van der Waals surface area contributed by atoms with Gasteiger partial charge < -0.3 is 4.74 Å². The number of methoxy groups -OCH3 is 1. The molecule has 0 heterocycles. The van der Waals surface area contributed by atoms with Crippen molar-refractivity contribution in [1.82, 2.24) is 0 Å². The summed E-state index contributed by atoms with van der Waals surface area (Å²) in [5.74, 6) is 0.325. The summed E-state index contributed by atoms with van der Waals surface area (Å²) in [5, 5.41) is 9.44. The van der Waals surface area contributed by atoms with Crippen molar-refractivity contribution < 1.29 is 9.53 Å². The Bertz CT molecular complexity index is 728. The Balaban J connectivity index is 2.24. The van der Waals surface area contributed by atoms with Crippen molar-refractivity contribution in [3.05, 3.63) is 64.7 Å². The zero-order valence-electron chi connectivity index (χ0n) is 11.1. The van der Waals surface area contributed by atoms with E-state index >= 15 is 0 Å². The molecule has 98 valence electrons. The van der Waals surface area contributed by atoms with Gasteiger partial charge in [0, 0.05) is 11.1 Å². The molecule has 0 fully saturated rings. The number of rotatable bonds is 1. The molecule has 0 aromatic heterocycles. The van der Waals surface area contributed by atoms with Crippen LogP contribution >= 0.6 is 0 Å². The van der Waals surface area contributed by atoms with Crippen LogP contribution in [0, 0.1) is 11.3 Å². The number of ketones is 1. The van der Waals surface area contributed by atoms with Crippen molar-refractivity contribution in [3.8, 4) is 11.8 Å². The minimum atomic E-state index is -0.326. The number of ether oxygens (including phenoxy) is 1. The molecule has 0 saturated carbocycles. The molecule has 0 aliphatic heterocycles. The lowest BCUT2D eigenvalue weighted by Gasteiger charge is -2.11. The van der Waals surface area contributed by atoms with E-state index in [-0.39, 0.29) is 11.7 Å². The Morgan fingerprint density at radius 1 is 1.20 bits per heavy atom. The van der Waals surface area contributed by atoms with Crippen LogP contribution in [0.1, 0.15) is 33.0 Å². The van der Waals surface area contributed by atoms with E-state index < -0.39 is 0 Å². The van der Waals surface area contributed by atoms with Gasteiger partial charge in [-0.1, -0.05) is 24.3 Å². The normalized spacial score (nSPS) is 16.6. The molecule has 3 rings (SSSR count). The third kappa shape index (κ3) is 1.86. The third-order valence-electron chi connectivity index (χ3n) is 3.72. The second-order valence-electron chi connectivity index (χ2n) is 4.83. The fourth-order valence-corrected chi connectivity index (χ4v) is 2.67. The molecule has 3 nitrogen and oxygen atoms in total. The fraction of sp³-hybridized carbons (Fsp3) is 0.176. The molecule has 0 saturated heterocycles. The molecular formula is C17H13NO2. The average molecular weight is 263 g/mol. The van der Waals surface area contributed by atoms with Gasteiger partial charge in [0.25, 0.3) is 0 Å². The standard InChI is InChI=1S/C17H13NO2/c1-20-13-6-7-15-16(9-13)12(10-18)8-11-4-2-3-5-14(11)17(15)19/h2-7,9,12H,8H2,1H3/t12-/m1/s1. The SMILES string of the molecule is COc1ccc2c(c1)[C@@H](C#N)Cc1ccccc1C2=O. The molecule has 0 N–H and O–H groups in total. The highest BCUT2D eigenvalue weighted by Crippen LogP contribution is 2.33. The largest absolute Gasteiger partial charge is 0.497 e. The summed E-state index contributed by atoms with van der Waals surface area (Å²) in [6.07, 6.45) is 0.554. The molecular weight excluding hydrogens is 250 g/mol. The smallest absolute Gasteiger partial charge is 0.193 e. The van der Waals surface area contributed by atoms with Gasteiger partial charge in [-0.2, -0.15) is 5.26 Å². The number of hydrogen-bond donors (Lipinski definition) is 0. The summed E-state index contributed by atoms with van der Waals surface area (Å²) >= 11 is 0. The van der Waals surface area contributed by atoms with Crippen molar-refractivity contribution >= 4 is 5.78 Å². The zero-order valence-corrected chi connectivity index (χ0v) is 11.1. The Kier molecular flexibility index (Phi) is 3.00. The highest BCUT2D eigenvalue weighted by Gasteiger charge is 2.27. The Morgan fingerprint density at radius 2 is 2.00 bits per heavy atom. The Hall–Kier alpha value is -2.60. The first-order chi connectivity index (χ1) is 9.74. The average Bonchev–Trinajstić information content (AvgIpc) is 2.62. The molecule has 1 aliphatic carbocycles. The summed E-state index contributed by atoms with van der Waals surface area (Å²) in [6.45, 7) is 0. The van der Waals surface area contributed by atoms with Crippen LogP contribution in [0.5, 0.6) is 5.75 Å². The minimum Gasteiger partial charge on any atom is -0.497 e. The number of nitrogens with zero attached hydrogens (tertiary/aromatic N) is 1. The monoisotopic (exact) mass is 263 g/mol. The van der Waals surface area contributed by atoms with Crippen molar-refractivity contribution in [2.75, 3.05) is 7.11 Å². The molecule has 1 aliphatic rings. The fourth-order valence-electron chi connectivity index (χ4n) is 2.67. The third-order valence-corrected chi connectivity index (χ3v) is 3.72. The van der Waals surface area contributed by atoms with Gasteiger partial charge in [0.05, 0.1) is 19.1 Å². The van der Waals surface area contributed by atoms with Gasteiger partial charge in [0.15, 0.2) is 5.78 Å². The number of carbonyl (C=O) groups excluding carboxylic acids is 1. The first-order valence-electron chi connectivity index (χ1n) is 6.44. The van der Waals surface area contributed by atoms with Crippen molar-refractivity contribution in [3.63, 3.8) is 0 Å². The highest BCUT2D eigenvalue weighted by atomic mass is 16.5. The highest BCUT2D eigenvalue weighted by molar-refractivity contribution is 6.11. The van der Waals surface area contributed by atoms with Crippen LogP contribution in [0.15, 0.2) is 42.5 Å². The summed E-state index contributed by atoms with van der Waals surface area (Å²) in [6, 6.07) is 15.1. The number of carbonyl (C=O) groups is 1. The first kappa shape index (κ1) is 12.4. The number of fused-ring (bicyclic) bond motifs is 2. The molecule has 1 atom stereocenters. The van der Waals surface area contributed by atoms with Gasteiger partial charge in [-0.25, -0.2) is 0 Å². The lowest BCUT2D eigenvalue weighted by Crippen LogP contribution is -2.05. The van der Waals surface area contributed by atoms with E-state index in [0.29, 0.717) is 23.3 Å². The van der Waals surface area contributed by atoms with E-state index in [1.807, 2.05) is 24.3 Å². The van der Waals surface area contributed by atoms with Gasteiger partial charge in [0.1, 0.15) is 5.75 Å². The van der Waals surface area contributed by atoms with E-state index in [1.54, 1.807) is 25.3 Å². The summed E-state index contributed by atoms with van der Waals surface area (Å²) in [5.41, 5.74) is 2.98. The molecule has 0 radical (unpaired) electrons. The van der Waals surface area contributed by atoms with E-state index in [1.165, 1.54) is 0 Å². The van der Waals surface area contributed by atoms with Crippen molar-refractivity contribution in [2.24, 2.45) is 0 Å². The quantitative estimate of drug-likeness (QED) is 0.794. The van der Waals surface area contributed by atoms with Crippen LogP contribution < -0.4 is 4.74 Å². The van der Waals surface area contributed by atoms with Gasteiger partial charge in [-0.15, -0.1) is 0 Å². The minimum absolute atomic E-state index is 0.0176. The molecule has 3 heteroatoms. The Labute approximate surface area is 117 Å². The van der Waals surface area contributed by atoms with E-state index in [4.69, 9.17) is 4.74 Å². The molecule has 2 aromatic rings. The van der Waals surface area contributed by atoms with Crippen LogP contribution in [0.2, 0.25) is 0 Å². The van der Waals surface area contributed by atoms with Crippen molar-refractivity contribution in [1.29, 1.82) is 5.26 Å². The molecule has 0 spiro atoms. The van der Waals surface area contributed by atoms with Gasteiger partial charge in [0.2, 0.25) is 0 Å². The van der Waals surface area contributed by atoms with Gasteiger partial charge in [-0.05, 0) is 35.7 Å². The summed E-state index contributed by atoms with van der Waals surface area (Å²) in [4.78, 5) is 12.6. The Morgan fingerprint density at radius 3 is 2.75 bits per heavy atom. The molecule has 0 unspecified atom stereocenters. The summed E-state index contributed by atoms with van der Waals surface area (Å²) < 4.78 is 5.21. The lowest BCUT2D eigenvalue weighted by molar-refractivity contribution is 0.103. The second-order valence-corrected chi connectivity index (χ2v) is 4.83. The second kappa shape index (κ2) is 4.82. The van der Waals surface area contributed by atoms with Crippen LogP contribution in [-0.4, -0.2) is 12.9 Å². The predicted octanol–water partition coefficient (Wildman–Crippen LogP) is 3.09. The zero-order chi connectivity index (χ0) is 14.1. The number of benzene rings is 2. The summed E-state index contributed by atoms with van der Waals surface area (Å²) in [7, 11) is 1.58. The lowest BCUT2D eigenvalue weighted by atomic mass is 9.92. The van der Waals surface area contributed by atoms with Crippen LogP contribution in [0.3, 0.4) is 0 Å². The predicted molar refractivity (Wildman–Crippen MR) is 74.9 cm³/mol. The number of nitriles is 1. The maximum Gasteiger partial charge on any atom is 0.193 e. The molecule has 20 heavy (non-hydrogen) atoms. The number of hydrogen-bond acceptors (Lipinski definition) is 3. The van der Waals surface area contributed by atoms with Gasteiger partial charge in [-0.3, -0.25) is 4.79 Å². The van der Waals surface area contributed by atoms with E-state index in [9.17, 15) is 10.1 Å². The molecule has 2 aromatic carbocycles.